The number of hydrogen-bond acceptors (Lipinski definition) is 8. The highest BCUT2D eigenvalue weighted by Crippen LogP contribution is 2.21. The molecule has 5 atom stereocenters. The maximum atomic E-state index is 14.4. The Morgan fingerprint density at radius 2 is 1.17 bits per heavy atom. The predicted molar refractivity (Wildman–Crippen MR) is 218 cm³/mol. The number of fused-ring (bicyclic) bond motifs is 18. The van der Waals surface area contributed by atoms with Gasteiger partial charge in [0.1, 0.15) is 36.1 Å². The number of aliphatic carboxylic acids is 1. The van der Waals surface area contributed by atoms with Crippen LogP contribution in [0.25, 0.3) is 11.1 Å². The molecule has 5 amide bonds. The van der Waals surface area contributed by atoms with Gasteiger partial charge in [0.2, 0.25) is 23.6 Å². The van der Waals surface area contributed by atoms with Crippen LogP contribution in [0, 0.1) is 5.82 Å². The van der Waals surface area contributed by atoms with Gasteiger partial charge in [-0.3, -0.25) is 24.0 Å². The van der Waals surface area contributed by atoms with E-state index in [0.717, 1.165) is 16.0 Å². The average Bonchev–Trinajstić information content (AvgIpc) is 3.74. The van der Waals surface area contributed by atoms with Gasteiger partial charge in [-0.1, -0.05) is 84.9 Å². The van der Waals surface area contributed by atoms with Crippen molar-refractivity contribution in [3.8, 4) is 11.1 Å². The third-order valence-corrected chi connectivity index (χ3v) is 10.6. The van der Waals surface area contributed by atoms with Crippen LogP contribution in [-0.2, 0) is 54.5 Å². The predicted octanol–water partition coefficient (Wildman–Crippen LogP) is 3.55. The van der Waals surface area contributed by atoms with Gasteiger partial charge in [0, 0.05) is 36.2 Å². The van der Waals surface area contributed by atoms with Gasteiger partial charge in [-0.05, 0) is 63.5 Å². The van der Waals surface area contributed by atoms with Crippen LogP contribution in [0.1, 0.15) is 28.0 Å². The summed E-state index contributed by atoms with van der Waals surface area (Å²) in [5, 5.41) is 35.8. The molecule has 0 saturated heterocycles. The van der Waals surface area contributed by atoms with Crippen molar-refractivity contribution in [1.29, 1.82) is 0 Å². The van der Waals surface area contributed by atoms with Crippen molar-refractivity contribution in [3.05, 3.63) is 148 Å². The first-order chi connectivity index (χ1) is 28.4. The molecule has 0 radical (unpaired) electrons. The molecule has 7 N–H and O–H groups in total. The Labute approximate surface area is 343 Å². The number of carboxylic acids is 1. The number of benzene rings is 4. The van der Waals surface area contributed by atoms with E-state index in [1.54, 1.807) is 96.4 Å². The number of carbonyl (C=O) groups excluding carboxylic acids is 5. The van der Waals surface area contributed by atoms with Crippen molar-refractivity contribution < 1.29 is 43.4 Å². The zero-order chi connectivity index (χ0) is 41.9. The van der Waals surface area contributed by atoms with E-state index >= 15 is 0 Å². The van der Waals surface area contributed by atoms with Crippen molar-refractivity contribution >= 4 is 52.5 Å². The SMILES string of the molecule is O=C1CC(O)C(=O)Nc2ccc(cc2)CC(C(=O)O)NC(=O)C(Cc2ccccc2)NC(=O)C(Cc2ccc(-c3ccc(F)cc3)cc2)NC(=O)C(Cc2cccs2)N1. The first-order valence-corrected chi connectivity index (χ1v) is 19.7. The van der Waals surface area contributed by atoms with Gasteiger partial charge in [-0.2, -0.15) is 0 Å². The lowest BCUT2D eigenvalue weighted by atomic mass is 9.99. The number of rotatable bonds is 8. The van der Waals surface area contributed by atoms with E-state index in [4.69, 9.17) is 0 Å². The molecule has 4 aromatic carbocycles. The van der Waals surface area contributed by atoms with E-state index in [-0.39, 0.29) is 37.2 Å². The topological polar surface area (TPSA) is 203 Å². The van der Waals surface area contributed by atoms with Crippen LogP contribution < -0.4 is 26.6 Å². The Bertz CT molecular complexity index is 2260. The van der Waals surface area contributed by atoms with Crippen molar-refractivity contribution in [3.63, 3.8) is 0 Å². The van der Waals surface area contributed by atoms with Crippen LogP contribution in [0.15, 0.2) is 121 Å². The van der Waals surface area contributed by atoms with Crippen LogP contribution in [0.3, 0.4) is 0 Å². The van der Waals surface area contributed by atoms with E-state index in [1.807, 2.05) is 0 Å². The first kappa shape index (κ1) is 41.9. The number of aliphatic hydroxyl groups excluding tert-OH is 1. The Morgan fingerprint density at radius 1 is 0.610 bits per heavy atom. The van der Waals surface area contributed by atoms with Gasteiger partial charge < -0.3 is 36.8 Å². The van der Waals surface area contributed by atoms with Crippen LogP contribution in [0.2, 0.25) is 0 Å². The molecule has 7 rings (SSSR count). The fourth-order valence-corrected chi connectivity index (χ4v) is 7.29. The van der Waals surface area contributed by atoms with E-state index in [9.17, 15) is 43.4 Å². The van der Waals surface area contributed by atoms with Crippen molar-refractivity contribution in [2.45, 2.75) is 62.4 Å². The minimum Gasteiger partial charge on any atom is -0.480 e. The zero-order valence-corrected chi connectivity index (χ0v) is 32.4. The van der Waals surface area contributed by atoms with Crippen LogP contribution in [-0.4, -0.2) is 76.0 Å². The Kier molecular flexibility index (Phi) is 13.9. The summed E-state index contributed by atoms with van der Waals surface area (Å²) in [5.41, 5.74) is 3.55. The molecule has 2 aliphatic heterocycles. The third kappa shape index (κ3) is 11.9. The fourth-order valence-electron chi connectivity index (χ4n) is 6.54. The van der Waals surface area contributed by atoms with E-state index < -0.39 is 72.2 Å². The lowest BCUT2D eigenvalue weighted by Gasteiger charge is -2.26. The molecule has 5 unspecified atom stereocenters. The standard InChI is InChI=1S/C44H42FN5O8S/c45-31-16-14-30(15-17-31)29-12-8-27(9-13-29)22-35-40(53)48-34(21-26-5-2-1-3-6-26)41(54)50-37(44(57)58)23-28-10-18-32(19-11-28)46-43(56)38(51)25-39(52)47-36(42(55)49-35)24-33-7-4-20-59-33/h1-20,34-38,51H,21-25H2,(H,46,56)(H,47,52)(H,48,53)(H,49,55)(H,50,54)(H,57,58). The van der Waals surface area contributed by atoms with Gasteiger partial charge >= 0.3 is 5.97 Å². The molecular formula is C44H42FN5O8S. The van der Waals surface area contributed by atoms with E-state index in [0.29, 0.717) is 16.7 Å². The maximum Gasteiger partial charge on any atom is 0.326 e. The van der Waals surface area contributed by atoms with Gasteiger partial charge in [0.05, 0.1) is 6.42 Å². The largest absolute Gasteiger partial charge is 0.480 e. The molecular weight excluding hydrogens is 778 g/mol. The number of anilines is 1. The quantitative estimate of drug-likeness (QED) is 0.115. The molecule has 1 aromatic heterocycles. The minimum atomic E-state index is -1.79. The maximum absolute atomic E-state index is 14.4. The first-order valence-electron chi connectivity index (χ1n) is 18.8. The van der Waals surface area contributed by atoms with Gasteiger partial charge in [-0.25, -0.2) is 9.18 Å². The lowest BCUT2D eigenvalue weighted by molar-refractivity contribution is -0.142. The summed E-state index contributed by atoms with van der Waals surface area (Å²) in [5.74, 6) is -5.71. The van der Waals surface area contributed by atoms with E-state index in [2.05, 4.69) is 26.6 Å². The molecule has 13 nitrogen and oxygen atoms in total. The highest BCUT2D eigenvalue weighted by atomic mass is 32.1. The third-order valence-electron chi connectivity index (χ3n) is 9.71. The van der Waals surface area contributed by atoms with Crippen LogP contribution in [0.5, 0.6) is 0 Å². The number of thiophene rings is 1. The molecule has 0 aliphatic carbocycles. The van der Waals surface area contributed by atoms with Gasteiger partial charge in [-0.15, -0.1) is 11.3 Å². The second kappa shape index (κ2) is 19.6. The summed E-state index contributed by atoms with van der Waals surface area (Å²) in [7, 11) is 0. The van der Waals surface area contributed by atoms with Crippen molar-refractivity contribution in [2.24, 2.45) is 0 Å². The number of halogens is 1. The molecule has 0 fully saturated rings. The molecule has 15 heteroatoms. The Balaban J connectivity index is 1.35. The minimum absolute atomic E-state index is 0.0141. The number of hydrogen-bond donors (Lipinski definition) is 7. The highest BCUT2D eigenvalue weighted by molar-refractivity contribution is 7.09. The van der Waals surface area contributed by atoms with Gasteiger partial charge in [0.15, 0.2) is 0 Å². The summed E-state index contributed by atoms with van der Waals surface area (Å²) >= 11 is 1.34. The smallest absolute Gasteiger partial charge is 0.326 e. The second-order valence-corrected chi connectivity index (χ2v) is 15.2. The summed E-state index contributed by atoms with van der Waals surface area (Å²) in [6, 6.07) is 26.1. The van der Waals surface area contributed by atoms with Crippen molar-refractivity contribution in [2.75, 3.05) is 5.32 Å². The van der Waals surface area contributed by atoms with E-state index in [1.165, 1.54) is 35.6 Å². The fraction of sp³-hybridized carbons (Fsp3) is 0.227. The molecule has 2 bridgehead atoms. The van der Waals surface area contributed by atoms with Gasteiger partial charge in [0.25, 0.3) is 5.91 Å². The summed E-state index contributed by atoms with van der Waals surface area (Å²) in [4.78, 5) is 81.9. The lowest BCUT2D eigenvalue weighted by Crippen LogP contribution is -2.59. The number of amides is 5. The molecule has 3 heterocycles. The summed E-state index contributed by atoms with van der Waals surface area (Å²) in [6.07, 6.45) is -2.71. The highest BCUT2D eigenvalue weighted by Gasteiger charge is 2.33. The Hall–Kier alpha value is -6.71. The molecule has 2 aliphatic rings. The monoisotopic (exact) mass is 819 g/mol. The number of nitrogens with one attached hydrogen (secondary N) is 5. The molecule has 0 saturated carbocycles. The van der Waals surface area contributed by atoms with Crippen molar-refractivity contribution in [1.82, 2.24) is 21.3 Å². The average molecular weight is 820 g/mol. The molecule has 59 heavy (non-hydrogen) atoms. The molecule has 0 spiro atoms. The normalized spacial score (nSPS) is 20.9. The Morgan fingerprint density at radius 3 is 1.75 bits per heavy atom. The van der Waals surface area contributed by atoms with Crippen LogP contribution in [0.4, 0.5) is 10.1 Å². The summed E-state index contributed by atoms with van der Waals surface area (Å²) in [6.45, 7) is 0. The number of aliphatic hydroxyl groups is 1. The zero-order valence-electron chi connectivity index (χ0n) is 31.6. The molecule has 5 aromatic rings. The molecule has 304 valence electrons. The van der Waals surface area contributed by atoms with Crippen LogP contribution >= 0.6 is 11.3 Å². The second-order valence-electron chi connectivity index (χ2n) is 14.1. The summed E-state index contributed by atoms with van der Waals surface area (Å²) < 4.78 is 13.6. The number of carboxylic acid groups (broad SMARTS) is 1. The number of carbonyl (C=O) groups is 6.